The van der Waals surface area contributed by atoms with Crippen LogP contribution in [0.4, 0.5) is 5.69 Å². The number of amides is 1. The van der Waals surface area contributed by atoms with Gasteiger partial charge in [-0.25, -0.2) is 9.78 Å². The summed E-state index contributed by atoms with van der Waals surface area (Å²) >= 11 is 0. The third-order valence-electron chi connectivity index (χ3n) is 7.31. The third-order valence-corrected chi connectivity index (χ3v) is 7.31. The minimum absolute atomic E-state index is 0. The summed E-state index contributed by atoms with van der Waals surface area (Å²) in [6.45, 7) is 2.76. The van der Waals surface area contributed by atoms with Crippen LogP contribution in [0.25, 0.3) is 22.2 Å². The molecule has 1 fully saturated rings. The van der Waals surface area contributed by atoms with Crippen molar-refractivity contribution in [3.8, 4) is 11.3 Å². The predicted octanol–water partition coefficient (Wildman–Crippen LogP) is 6.28. The highest BCUT2D eigenvalue weighted by Crippen LogP contribution is 2.40. The van der Waals surface area contributed by atoms with E-state index in [2.05, 4.69) is 17.1 Å². The summed E-state index contributed by atoms with van der Waals surface area (Å²) in [6, 6.07) is 27.5. The summed E-state index contributed by atoms with van der Waals surface area (Å²) in [5.41, 5.74) is 5.34. The van der Waals surface area contributed by atoms with Gasteiger partial charge in [-0.15, -0.1) is 12.4 Å². The number of para-hydroxylation sites is 1. The lowest BCUT2D eigenvalue weighted by molar-refractivity contribution is -0.141. The van der Waals surface area contributed by atoms with Gasteiger partial charge < -0.3 is 15.0 Å². The average Bonchev–Trinajstić information content (AvgIpc) is 3.46. The van der Waals surface area contributed by atoms with Gasteiger partial charge in [0.2, 0.25) is 5.91 Å². The zero-order chi connectivity index (χ0) is 26.5. The van der Waals surface area contributed by atoms with Gasteiger partial charge >= 0.3 is 5.97 Å². The Kier molecular flexibility index (Phi) is 9.20. The van der Waals surface area contributed by atoms with E-state index in [1.807, 2.05) is 84.9 Å². The lowest BCUT2D eigenvalue weighted by Crippen LogP contribution is -2.38. The van der Waals surface area contributed by atoms with Crippen molar-refractivity contribution in [3.63, 3.8) is 0 Å². The number of nitrogens with zero attached hydrogens (tertiary/aromatic N) is 2. The number of aromatic nitrogens is 1. The highest BCUT2D eigenvalue weighted by Gasteiger charge is 2.36. The van der Waals surface area contributed by atoms with Crippen molar-refractivity contribution in [2.75, 3.05) is 18.6 Å². The van der Waals surface area contributed by atoms with Gasteiger partial charge in [0.1, 0.15) is 6.04 Å². The molecule has 6 nitrogen and oxygen atoms in total. The van der Waals surface area contributed by atoms with Crippen molar-refractivity contribution in [2.45, 2.75) is 44.7 Å². The number of nitrogens with one attached hydrogen (secondary N) is 1. The topological polar surface area (TPSA) is 71.5 Å². The summed E-state index contributed by atoms with van der Waals surface area (Å²) < 4.78 is 5.18. The fourth-order valence-corrected chi connectivity index (χ4v) is 5.48. The standard InChI is InChI=1S/C32H33N3O3.ClH/c1-3-26(22-13-6-4-7-14-22)33-29(36)21-25-24-17-10-11-18-27(24)34-30(23-15-8-5-9-16-23)31(25)35-20-12-19-28(35)32(37)38-2;/h4-11,13-18,26,28H,3,12,19-21H2,1-2H3,(H,33,36);1H/t26-,28-;/m0./s1. The van der Waals surface area contributed by atoms with Crippen LogP contribution in [0.15, 0.2) is 84.9 Å². The molecule has 1 N–H and O–H groups in total. The van der Waals surface area contributed by atoms with Gasteiger partial charge in [-0.1, -0.05) is 85.8 Å². The molecule has 1 saturated heterocycles. The first-order valence-electron chi connectivity index (χ1n) is 13.3. The van der Waals surface area contributed by atoms with Crippen LogP contribution in [0.3, 0.4) is 0 Å². The zero-order valence-electron chi connectivity index (χ0n) is 22.3. The van der Waals surface area contributed by atoms with E-state index in [0.717, 1.165) is 51.8 Å². The number of methoxy groups -OCH3 is 1. The first-order chi connectivity index (χ1) is 18.6. The third kappa shape index (κ3) is 5.91. The number of hydrogen-bond acceptors (Lipinski definition) is 5. The number of ether oxygens (including phenoxy) is 1. The fraction of sp³-hybridized carbons (Fsp3) is 0.281. The van der Waals surface area contributed by atoms with Gasteiger partial charge in [0.15, 0.2) is 0 Å². The maximum Gasteiger partial charge on any atom is 0.328 e. The number of carbonyl (C=O) groups is 2. The second kappa shape index (κ2) is 12.8. The molecule has 7 heteroatoms. The predicted molar refractivity (Wildman–Crippen MR) is 158 cm³/mol. The number of anilines is 1. The summed E-state index contributed by atoms with van der Waals surface area (Å²) in [6.07, 6.45) is 2.51. The molecule has 5 rings (SSSR count). The summed E-state index contributed by atoms with van der Waals surface area (Å²) in [5, 5.41) is 4.17. The molecule has 0 spiro atoms. The molecule has 202 valence electrons. The molecule has 0 radical (unpaired) electrons. The van der Waals surface area contributed by atoms with E-state index in [0.29, 0.717) is 13.0 Å². The maximum absolute atomic E-state index is 13.6. The lowest BCUT2D eigenvalue weighted by Gasteiger charge is -2.30. The molecule has 0 unspecified atom stereocenters. The van der Waals surface area contributed by atoms with Crippen LogP contribution >= 0.6 is 12.4 Å². The molecule has 1 aromatic heterocycles. The molecule has 2 atom stereocenters. The van der Waals surface area contributed by atoms with Crippen LogP contribution < -0.4 is 10.2 Å². The SMILES string of the molecule is CC[C@H](NC(=O)Cc1c(N2CCC[C@H]2C(=O)OC)c(-c2ccccc2)nc2ccccc12)c1ccccc1.Cl. The van der Waals surface area contributed by atoms with Crippen molar-refractivity contribution in [1.29, 1.82) is 0 Å². The van der Waals surface area contributed by atoms with E-state index in [4.69, 9.17) is 9.72 Å². The lowest BCUT2D eigenvalue weighted by atomic mass is 9.96. The molecule has 0 saturated carbocycles. The quantitative estimate of drug-likeness (QED) is 0.265. The maximum atomic E-state index is 13.6. The van der Waals surface area contributed by atoms with Gasteiger partial charge in [-0.3, -0.25) is 4.79 Å². The molecular weight excluding hydrogens is 510 g/mol. The number of benzene rings is 3. The Balaban J connectivity index is 0.00000353. The summed E-state index contributed by atoms with van der Waals surface area (Å²) in [7, 11) is 1.43. The Labute approximate surface area is 235 Å². The monoisotopic (exact) mass is 543 g/mol. The average molecular weight is 544 g/mol. The number of rotatable bonds is 8. The Morgan fingerprint density at radius 2 is 1.67 bits per heavy atom. The van der Waals surface area contributed by atoms with Gasteiger partial charge in [0, 0.05) is 17.5 Å². The van der Waals surface area contributed by atoms with E-state index >= 15 is 0 Å². The molecule has 1 amide bonds. The highest BCUT2D eigenvalue weighted by atomic mass is 35.5. The van der Waals surface area contributed by atoms with Crippen molar-refractivity contribution in [2.24, 2.45) is 0 Å². The molecule has 39 heavy (non-hydrogen) atoms. The minimum Gasteiger partial charge on any atom is -0.467 e. The number of halogens is 1. The molecule has 4 aromatic rings. The smallest absolute Gasteiger partial charge is 0.328 e. The van der Waals surface area contributed by atoms with E-state index in [9.17, 15) is 9.59 Å². The van der Waals surface area contributed by atoms with Crippen molar-refractivity contribution in [1.82, 2.24) is 10.3 Å². The summed E-state index contributed by atoms with van der Waals surface area (Å²) in [5.74, 6) is -0.327. The summed E-state index contributed by atoms with van der Waals surface area (Å²) in [4.78, 5) is 33.6. The highest BCUT2D eigenvalue weighted by molar-refractivity contribution is 5.98. The number of pyridine rings is 1. The number of esters is 1. The zero-order valence-corrected chi connectivity index (χ0v) is 23.1. The normalized spacial score (nSPS) is 15.4. The second-order valence-electron chi connectivity index (χ2n) is 9.66. The Morgan fingerprint density at radius 1 is 1.00 bits per heavy atom. The van der Waals surface area contributed by atoms with Crippen molar-refractivity contribution >= 4 is 40.9 Å². The van der Waals surface area contributed by atoms with Crippen LogP contribution in [-0.4, -0.2) is 36.6 Å². The fourth-order valence-electron chi connectivity index (χ4n) is 5.48. The molecule has 1 aliphatic heterocycles. The van der Waals surface area contributed by atoms with Crippen LogP contribution in [0.2, 0.25) is 0 Å². The van der Waals surface area contributed by atoms with Gasteiger partial charge in [-0.2, -0.15) is 0 Å². The Bertz CT molecular complexity index is 1430. The molecule has 1 aliphatic rings. The molecule has 0 aliphatic carbocycles. The van der Waals surface area contributed by atoms with Crippen molar-refractivity contribution in [3.05, 3.63) is 96.1 Å². The largest absolute Gasteiger partial charge is 0.467 e. The number of carbonyl (C=O) groups excluding carboxylic acids is 2. The van der Waals surface area contributed by atoms with Gasteiger partial charge in [0.05, 0.1) is 36.5 Å². The molecule has 0 bridgehead atoms. The van der Waals surface area contributed by atoms with E-state index in [1.54, 1.807) is 0 Å². The molecular formula is C32H34ClN3O3. The first kappa shape index (κ1) is 28.1. The van der Waals surface area contributed by atoms with Crippen LogP contribution in [0.5, 0.6) is 0 Å². The number of hydrogen-bond donors (Lipinski definition) is 1. The van der Waals surface area contributed by atoms with E-state index in [1.165, 1.54) is 7.11 Å². The Hall–Kier alpha value is -3.90. The van der Waals surface area contributed by atoms with Crippen LogP contribution in [-0.2, 0) is 20.7 Å². The van der Waals surface area contributed by atoms with E-state index < -0.39 is 6.04 Å². The van der Waals surface area contributed by atoms with Gasteiger partial charge in [0.25, 0.3) is 0 Å². The van der Waals surface area contributed by atoms with Crippen LogP contribution in [0, 0.1) is 0 Å². The number of fused-ring (bicyclic) bond motifs is 1. The second-order valence-corrected chi connectivity index (χ2v) is 9.66. The molecule has 2 heterocycles. The van der Waals surface area contributed by atoms with E-state index in [-0.39, 0.29) is 36.7 Å². The van der Waals surface area contributed by atoms with Gasteiger partial charge in [-0.05, 0) is 36.5 Å². The molecule has 3 aromatic carbocycles. The first-order valence-corrected chi connectivity index (χ1v) is 13.3. The van der Waals surface area contributed by atoms with Crippen molar-refractivity contribution < 1.29 is 14.3 Å². The minimum atomic E-state index is -0.417. The van der Waals surface area contributed by atoms with Crippen LogP contribution in [0.1, 0.15) is 43.4 Å². The Morgan fingerprint density at radius 3 is 2.36 bits per heavy atom.